The van der Waals surface area contributed by atoms with Gasteiger partial charge in [0.25, 0.3) is 0 Å². The smallest absolute Gasteiger partial charge is 0.303 e. The number of rotatable bonds is 6. The molecule has 2 heterocycles. The molecule has 1 saturated heterocycles. The van der Waals surface area contributed by atoms with Crippen LogP contribution < -0.4 is 4.74 Å². The fraction of sp³-hybridized carbons (Fsp3) is 0.348. The van der Waals surface area contributed by atoms with Crippen molar-refractivity contribution in [2.45, 2.75) is 44.5 Å². The quantitative estimate of drug-likeness (QED) is 0.459. The van der Waals surface area contributed by atoms with E-state index in [9.17, 15) is 14.4 Å². The minimum atomic E-state index is -1.03. The van der Waals surface area contributed by atoms with E-state index in [0.29, 0.717) is 11.3 Å². The first-order valence-corrected chi connectivity index (χ1v) is 11.1. The monoisotopic (exact) mass is 470 g/mol. The number of nitrogens with zero attached hydrogens (tertiary/aromatic N) is 2. The second kappa shape index (κ2) is 10.8. The van der Waals surface area contributed by atoms with Crippen molar-refractivity contribution in [3.8, 4) is 22.9 Å². The average molecular weight is 471 g/mol. The number of thioether (sulfide) groups is 1. The van der Waals surface area contributed by atoms with E-state index in [0.717, 1.165) is 11.1 Å². The normalized spacial score (nSPS) is 21.9. The van der Waals surface area contributed by atoms with Crippen molar-refractivity contribution in [1.82, 2.24) is 4.98 Å². The van der Waals surface area contributed by atoms with Gasteiger partial charge in [-0.15, -0.1) is 11.8 Å². The SMILES string of the molecule is CC(=O)O[C@@H]1[C@@H](OC(C)=O)[C@H](OC(C)=O)CS[C@H]1Oc1cncc(-c2ccc(C#N)cc2)c1. The summed E-state index contributed by atoms with van der Waals surface area (Å²) in [6, 6.07) is 10.8. The Balaban J connectivity index is 1.86. The third-order valence-electron chi connectivity index (χ3n) is 4.62. The Hall–Kier alpha value is -3.58. The van der Waals surface area contributed by atoms with Crippen molar-refractivity contribution in [2.24, 2.45) is 0 Å². The van der Waals surface area contributed by atoms with Crippen molar-refractivity contribution >= 4 is 29.7 Å². The van der Waals surface area contributed by atoms with E-state index in [4.69, 9.17) is 24.2 Å². The van der Waals surface area contributed by atoms with E-state index in [1.54, 1.807) is 36.5 Å². The zero-order valence-electron chi connectivity index (χ0n) is 18.2. The zero-order chi connectivity index (χ0) is 24.0. The predicted octanol–water partition coefficient (Wildman–Crippen LogP) is 2.87. The molecule has 0 spiro atoms. The fourth-order valence-electron chi connectivity index (χ4n) is 3.32. The number of hydrogen-bond donors (Lipinski definition) is 0. The summed E-state index contributed by atoms with van der Waals surface area (Å²) in [6.07, 6.45) is 0.315. The van der Waals surface area contributed by atoms with Gasteiger partial charge in [0.1, 0.15) is 5.75 Å². The number of aromatic nitrogens is 1. The van der Waals surface area contributed by atoms with Gasteiger partial charge in [0, 0.05) is 38.3 Å². The minimum Gasteiger partial charge on any atom is -0.474 e. The van der Waals surface area contributed by atoms with Crippen molar-refractivity contribution < 1.29 is 33.3 Å². The van der Waals surface area contributed by atoms with Crippen molar-refractivity contribution in [3.63, 3.8) is 0 Å². The summed E-state index contributed by atoms with van der Waals surface area (Å²) >= 11 is 1.26. The molecule has 10 heteroatoms. The second-order valence-corrected chi connectivity index (χ2v) is 8.35. The lowest BCUT2D eigenvalue weighted by atomic mass is 10.1. The van der Waals surface area contributed by atoms with E-state index in [-0.39, 0.29) is 5.75 Å². The maximum Gasteiger partial charge on any atom is 0.303 e. The summed E-state index contributed by atoms with van der Waals surface area (Å²) in [7, 11) is 0. The topological polar surface area (TPSA) is 125 Å². The second-order valence-electron chi connectivity index (χ2n) is 7.21. The number of carbonyl (C=O) groups excluding carboxylic acids is 3. The molecule has 1 fully saturated rings. The molecule has 1 aliphatic rings. The Morgan fingerprint density at radius 3 is 2.18 bits per heavy atom. The zero-order valence-corrected chi connectivity index (χ0v) is 19.0. The molecule has 1 aromatic heterocycles. The Kier molecular flexibility index (Phi) is 7.90. The van der Waals surface area contributed by atoms with E-state index in [2.05, 4.69) is 11.1 Å². The van der Waals surface area contributed by atoms with E-state index in [1.807, 2.05) is 0 Å². The molecular formula is C23H22N2O7S. The van der Waals surface area contributed by atoms with Crippen LogP contribution in [0.4, 0.5) is 0 Å². The fourth-order valence-corrected chi connectivity index (χ4v) is 4.54. The molecule has 0 saturated carbocycles. The first-order valence-electron chi connectivity index (χ1n) is 10.0. The predicted molar refractivity (Wildman–Crippen MR) is 118 cm³/mol. The van der Waals surface area contributed by atoms with Gasteiger partial charge < -0.3 is 18.9 Å². The van der Waals surface area contributed by atoms with Crippen LogP contribution in [-0.4, -0.2) is 52.4 Å². The van der Waals surface area contributed by atoms with Gasteiger partial charge in [-0.05, 0) is 23.8 Å². The summed E-state index contributed by atoms with van der Waals surface area (Å²) in [5, 5.41) is 8.98. The lowest BCUT2D eigenvalue weighted by molar-refractivity contribution is -0.186. The molecule has 3 rings (SSSR count). The molecular weight excluding hydrogens is 448 g/mol. The van der Waals surface area contributed by atoms with Gasteiger partial charge in [-0.2, -0.15) is 5.26 Å². The van der Waals surface area contributed by atoms with Gasteiger partial charge in [-0.3, -0.25) is 19.4 Å². The number of hydrogen-bond acceptors (Lipinski definition) is 10. The van der Waals surface area contributed by atoms with Crippen molar-refractivity contribution in [3.05, 3.63) is 48.3 Å². The van der Waals surface area contributed by atoms with Gasteiger partial charge in [0.2, 0.25) is 0 Å². The Morgan fingerprint density at radius 1 is 0.939 bits per heavy atom. The standard InChI is InChI=1S/C23H22N2O7S/c1-13(26)29-20-12-33-23(22(31-15(3)28)21(20)30-14(2)27)32-19-8-18(10-25-11-19)17-6-4-16(9-24)5-7-17/h4-8,10-11,20-23H,12H2,1-3H3/t20-,21+,22-,23-/m1/s1. The summed E-state index contributed by atoms with van der Waals surface area (Å²) in [5.74, 6) is -1.08. The largest absolute Gasteiger partial charge is 0.474 e. The highest BCUT2D eigenvalue weighted by Crippen LogP contribution is 2.35. The molecule has 172 valence electrons. The molecule has 1 aromatic carbocycles. The van der Waals surface area contributed by atoms with Crippen LogP contribution in [0.2, 0.25) is 0 Å². The maximum absolute atomic E-state index is 11.8. The molecule has 0 aliphatic carbocycles. The number of carbonyl (C=O) groups is 3. The molecule has 9 nitrogen and oxygen atoms in total. The third kappa shape index (κ3) is 6.46. The van der Waals surface area contributed by atoms with Crippen LogP contribution in [0.3, 0.4) is 0 Å². The van der Waals surface area contributed by atoms with Crippen LogP contribution in [0.5, 0.6) is 5.75 Å². The highest BCUT2D eigenvalue weighted by molar-refractivity contribution is 7.99. The van der Waals surface area contributed by atoms with Gasteiger partial charge in [0.05, 0.1) is 17.8 Å². The van der Waals surface area contributed by atoms with Crippen molar-refractivity contribution in [2.75, 3.05) is 5.75 Å². The van der Waals surface area contributed by atoms with Gasteiger partial charge in [-0.1, -0.05) is 12.1 Å². The minimum absolute atomic E-state index is 0.267. The number of esters is 3. The highest BCUT2D eigenvalue weighted by Gasteiger charge is 2.47. The molecule has 0 unspecified atom stereocenters. The molecule has 0 radical (unpaired) electrons. The van der Waals surface area contributed by atoms with Crippen LogP contribution in [0.15, 0.2) is 42.7 Å². The van der Waals surface area contributed by atoms with Gasteiger partial charge >= 0.3 is 17.9 Å². The number of pyridine rings is 1. The van der Waals surface area contributed by atoms with Crippen molar-refractivity contribution in [1.29, 1.82) is 5.26 Å². The molecule has 1 aliphatic heterocycles. The number of benzene rings is 1. The van der Waals surface area contributed by atoms with Gasteiger partial charge in [0.15, 0.2) is 23.7 Å². The molecule has 0 amide bonds. The highest BCUT2D eigenvalue weighted by atomic mass is 32.2. The average Bonchev–Trinajstić information content (AvgIpc) is 2.77. The molecule has 4 atom stereocenters. The van der Waals surface area contributed by atoms with E-state index >= 15 is 0 Å². The van der Waals surface area contributed by atoms with Crippen LogP contribution >= 0.6 is 11.8 Å². The first-order chi connectivity index (χ1) is 15.8. The third-order valence-corrected chi connectivity index (χ3v) is 5.83. The van der Waals surface area contributed by atoms with E-state index < -0.39 is 41.7 Å². The van der Waals surface area contributed by atoms with E-state index in [1.165, 1.54) is 38.7 Å². The summed E-state index contributed by atoms with van der Waals surface area (Å²) in [5.41, 5.74) is 1.40. The summed E-state index contributed by atoms with van der Waals surface area (Å²) in [6.45, 7) is 3.70. The Labute approximate surface area is 195 Å². The molecule has 2 aromatic rings. The Morgan fingerprint density at radius 2 is 1.58 bits per heavy atom. The lowest BCUT2D eigenvalue weighted by Crippen LogP contribution is -2.55. The Bertz CT molecular complexity index is 1070. The van der Waals surface area contributed by atoms with Crippen LogP contribution in [-0.2, 0) is 28.6 Å². The molecule has 0 bridgehead atoms. The number of nitriles is 1. The molecule has 0 N–H and O–H groups in total. The van der Waals surface area contributed by atoms with Crippen LogP contribution in [0, 0.1) is 11.3 Å². The number of ether oxygens (including phenoxy) is 4. The maximum atomic E-state index is 11.8. The first kappa shape index (κ1) is 24.1. The van der Waals surface area contributed by atoms with Gasteiger partial charge in [-0.25, -0.2) is 0 Å². The summed E-state index contributed by atoms with van der Waals surface area (Å²) in [4.78, 5) is 39.2. The molecule has 33 heavy (non-hydrogen) atoms. The summed E-state index contributed by atoms with van der Waals surface area (Å²) < 4.78 is 22.2. The van der Waals surface area contributed by atoms with Crippen LogP contribution in [0.25, 0.3) is 11.1 Å². The lowest BCUT2D eigenvalue weighted by Gasteiger charge is -2.39. The van der Waals surface area contributed by atoms with Crippen LogP contribution in [0.1, 0.15) is 26.3 Å².